The van der Waals surface area contributed by atoms with E-state index >= 15 is 0 Å². The number of rotatable bonds is 11. The van der Waals surface area contributed by atoms with Crippen molar-refractivity contribution < 1.29 is 0 Å². The molecule has 0 radical (unpaired) electrons. The van der Waals surface area contributed by atoms with Crippen molar-refractivity contribution >= 4 is 67.4 Å². The summed E-state index contributed by atoms with van der Waals surface area (Å²) in [5.41, 5.74) is 29.0. The molecule has 0 aliphatic carbocycles. The fourth-order valence-electron chi connectivity index (χ4n) is 18.8. The summed E-state index contributed by atoms with van der Waals surface area (Å²) in [6.45, 7) is 27.4. The van der Waals surface area contributed by atoms with E-state index in [0.29, 0.717) is 81.5 Å². The summed E-state index contributed by atoms with van der Waals surface area (Å²) < 4.78 is 14.3. The van der Waals surface area contributed by atoms with Gasteiger partial charge in [0.1, 0.15) is 33.9 Å². The van der Waals surface area contributed by atoms with Gasteiger partial charge in [0.15, 0.2) is 5.65 Å². The van der Waals surface area contributed by atoms with Crippen LogP contribution in [0.2, 0.25) is 0 Å². The van der Waals surface area contributed by atoms with Gasteiger partial charge in [-0.3, -0.25) is 61.2 Å². The SMILES string of the molecule is CCc1cc(-c2cc(=O)n3cc(N4CCN5CCC[C@@H]5C4)ccc3n2)cn2cc(C)nc12.CCc1cc(-c2cc(=O)n3cc(N4CCN5CCC[C@H]5C4)ccc3n2)cn2cc(C)nc12.Cc1cn2nc(-c3cc(=O)n4cc(N5CC[C@H](CN)C5)ccc4n3)cc2c(C)n1.Cc1nc(C2CCNCC2)cn2c(=O)cc(-c3ccc4nn(C)cc4c3)nc12. The zero-order valence-electron chi connectivity index (χ0n) is 69.9. The molecule has 6 aliphatic rings. The molecule has 0 amide bonds. The highest BCUT2D eigenvalue weighted by atomic mass is 16.1. The molecule has 15 aromatic heterocycles. The summed E-state index contributed by atoms with van der Waals surface area (Å²) >= 11 is 0. The molecule has 3 atom stereocenters. The number of nitrogens with two attached hydrogens (primary N) is 1. The van der Waals surface area contributed by atoms with Crippen LogP contribution in [-0.2, 0) is 19.9 Å². The van der Waals surface area contributed by atoms with Gasteiger partial charge in [-0.05, 0) is 209 Å². The first-order valence-corrected chi connectivity index (χ1v) is 42.7. The first kappa shape index (κ1) is 78.2. The second-order valence-electron chi connectivity index (χ2n) is 33.5. The molecule has 6 saturated heterocycles. The van der Waals surface area contributed by atoms with Crippen LogP contribution in [0.25, 0.3) is 95.5 Å². The highest BCUT2D eigenvalue weighted by Crippen LogP contribution is 2.33. The maximum Gasteiger partial charge on any atom is 0.258 e. The Hall–Kier alpha value is -12.7. The summed E-state index contributed by atoms with van der Waals surface area (Å²) in [5.74, 6) is 0.906. The Morgan fingerprint density at radius 3 is 1.49 bits per heavy atom. The first-order chi connectivity index (χ1) is 58.8. The summed E-state index contributed by atoms with van der Waals surface area (Å²) in [4.78, 5) is 102. The van der Waals surface area contributed by atoms with Crippen LogP contribution < -0.4 is 48.0 Å². The predicted molar refractivity (Wildman–Crippen MR) is 474 cm³/mol. The lowest BCUT2D eigenvalue weighted by Crippen LogP contribution is -2.50. The second kappa shape index (κ2) is 32.4. The third-order valence-corrected chi connectivity index (χ3v) is 25.2. The maximum absolute atomic E-state index is 13.1. The standard InChI is InChI=1S/2C25H28N6O.C21H23N7O.C21H22N6O/c2*1-3-18-11-19(14-30-13-17(2)26-25(18)30)22-12-24(32)31-16-21(6-7-23(31)27-22)29-10-9-28-8-4-5-20(28)15-29;1-13-10-28-19(14(2)23-13)7-18(25-28)17-8-21(29)27-12-16(3-4-20(27)24-17)26-6-5-15(9-22)11-26;1-13-21-24-18(15-3-4-17-16(9-15)11-26(2)25-17)10-20(28)27(21)12-19(23-13)14-5-7-22-8-6-14/h2*6-7,11-14,16,20H,3-5,8-10,15H2,1-2H3;3-4,7-8,10,12,15H,5-6,9,11,22H2,1-2H3;3-4,9-12,14,22H,5-8H2,1-2H3/t2*20-;15-;/m101./s1. The van der Waals surface area contributed by atoms with Crippen molar-refractivity contribution in [2.24, 2.45) is 18.7 Å². The number of hydrogen-bond acceptors (Lipinski definition) is 21. The van der Waals surface area contributed by atoms with Gasteiger partial charge in [0.2, 0.25) is 0 Å². The largest absolute Gasteiger partial charge is 0.370 e. The minimum Gasteiger partial charge on any atom is -0.370 e. The van der Waals surface area contributed by atoms with E-state index in [4.69, 9.17) is 25.7 Å². The number of fused-ring (bicyclic) bond motifs is 10. The number of anilines is 3. The predicted octanol–water partition coefficient (Wildman–Crippen LogP) is 10.6. The van der Waals surface area contributed by atoms with Gasteiger partial charge in [0.05, 0.1) is 91.2 Å². The van der Waals surface area contributed by atoms with E-state index < -0.39 is 0 Å². The third kappa shape index (κ3) is 15.6. The molecule has 3 N–H and O–H groups in total. The zero-order chi connectivity index (χ0) is 83.0. The fourth-order valence-corrected chi connectivity index (χ4v) is 18.8. The van der Waals surface area contributed by atoms with Gasteiger partial charge in [-0.25, -0.2) is 34.4 Å². The molecule has 6 aliphatic heterocycles. The lowest BCUT2D eigenvalue weighted by Gasteiger charge is -2.38. The van der Waals surface area contributed by atoms with Gasteiger partial charge in [-0.1, -0.05) is 19.9 Å². The molecular formula is C92H101N25O4. The number of hydrogen-bond donors (Lipinski definition) is 2. The van der Waals surface area contributed by atoms with Gasteiger partial charge < -0.3 is 34.6 Å². The van der Waals surface area contributed by atoms with Crippen molar-refractivity contribution in [3.63, 3.8) is 0 Å². The molecule has 22 rings (SSSR count). The summed E-state index contributed by atoms with van der Waals surface area (Å²) in [7, 11) is 1.90. The van der Waals surface area contributed by atoms with E-state index in [1.54, 1.807) is 51.1 Å². The monoisotopic (exact) mass is 1620 g/mol. The number of piperidine rings is 1. The number of imidazole rings is 2. The van der Waals surface area contributed by atoms with Gasteiger partial charge >= 0.3 is 0 Å². The van der Waals surface area contributed by atoms with Crippen LogP contribution in [0, 0.1) is 40.5 Å². The van der Waals surface area contributed by atoms with Crippen LogP contribution >= 0.6 is 0 Å². The first-order valence-electron chi connectivity index (χ1n) is 42.7. The molecule has 29 heteroatoms. The van der Waals surface area contributed by atoms with E-state index in [2.05, 4.69) is 98.1 Å². The third-order valence-electron chi connectivity index (χ3n) is 25.2. The summed E-state index contributed by atoms with van der Waals surface area (Å²) in [5, 5.41) is 13.4. The number of benzene rings is 1. The molecule has 0 spiro atoms. The molecule has 21 heterocycles. The van der Waals surface area contributed by atoms with E-state index in [0.717, 1.165) is 204 Å². The lowest BCUT2D eigenvalue weighted by molar-refractivity contribution is 0.231. The van der Waals surface area contributed by atoms with E-state index in [1.165, 1.54) is 38.8 Å². The van der Waals surface area contributed by atoms with Crippen molar-refractivity contribution in [2.45, 2.75) is 124 Å². The normalized spacial score (nSPS) is 17.8. The van der Waals surface area contributed by atoms with Crippen molar-refractivity contribution in [3.05, 3.63) is 246 Å². The van der Waals surface area contributed by atoms with Crippen LogP contribution in [0.4, 0.5) is 17.1 Å². The number of aromatic nitrogens is 18. The van der Waals surface area contributed by atoms with Crippen LogP contribution in [0.1, 0.15) is 110 Å². The van der Waals surface area contributed by atoms with Crippen LogP contribution in [0.3, 0.4) is 0 Å². The van der Waals surface area contributed by atoms with Gasteiger partial charge in [-0.2, -0.15) is 10.2 Å². The molecule has 6 fully saturated rings. The van der Waals surface area contributed by atoms with Gasteiger partial charge in [0.25, 0.3) is 22.2 Å². The molecule has 16 aromatic rings. The Bertz CT molecular complexity index is 6750. The zero-order valence-corrected chi connectivity index (χ0v) is 69.9. The van der Waals surface area contributed by atoms with E-state index in [9.17, 15) is 19.2 Å². The number of nitrogens with zero attached hydrogens (tertiary/aromatic N) is 23. The lowest BCUT2D eigenvalue weighted by atomic mass is 9.95. The Kier molecular flexibility index (Phi) is 21.0. The smallest absolute Gasteiger partial charge is 0.258 e. The van der Waals surface area contributed by atoms with Crippen LogP contribution in [-0.4, -0.2) is 193 Å². The summed E-state index contributed by atoms with van der Waals surface area (Å²) in [6.07, 6.45) is 29.6. The van der Waals surface area contributed by atoms with Crippen LogP contribution in [0.5, 0.6) is 0 Å². The number of nitrogens with one attached hydrogen (secondary N) is 1. The Morgan fingerprint density at radius 1 is 0.421 bits per heavy atom. The molecule has 121 heavy (non-hydrogen) atoms. The highest BCUT2D eigenvalue weighted by Gasteiger charge is 2.33. The topological polar surface area (TPSA) is 287 Å². The second-order valence-corrected chi connectivity index (χ2v) is 33.5. The Labute approximate surface area is 698 Å². The minimum atomic E-state index is -0.121. The molecule has 0 bridgehead atoms. The molecule has 29 nitrogen and oxygen atoms in total. The minimum absolute atomic E-state index is 0.0497. The highest BCUT2D eigenvalue weighted by molar-refractivity contribution is 5.84. The average Bonchev–Trinajstić information content (AvgIpc) is 0.868. The molecule has 1 aromatic carbocycles. The van der Waals surface area contributed by atoms with Crippen molar-refractivity contribution in [1.82, 2.24) is 101 Å². The average molecular weight is 1620 g/mol. The van der Waals surface area contributed by atoms with Gasteiger partial charge in [0, 0.05) is 180 Å². The maximum atomic E-state index is 13.1. The van der Waals surface area contributed by atoms with Crippen LogP contribution in [0.15, 0.2) is 178 Å². The number of pyridine rings is 5. The molecule has 0 saturated carbocycles. The quantitative estimate of drug-likeness (QED) is 0.122. The van der Waals surface area contributed by atoms with E-state index in [1.807, 2.05) is 161 Å². The van der Waals surface area contributed by atoms with Crippen molar-refractivity contribution in [2.75, 3.05) is 99.8 Å². The summed E-state index contributed by atoms with van der Waals surface area (Å²) in [6, 6.07) is 31.9. The molecular weight excluding hydrogens is 1520 g/mol. The molecule has 0 unspecified atom stereocenters. The van der Waals surface area contributed by atoms with Crippen molar-refractivity contribution in [1.29, 1.82) is 0 Å². The van der Waals surface area contributed by atoms with E-state index in [-0.39, 0.29) is 22.2 Å². The fraction of sp³-hybridized carbons (Fsp3) is 0.370. The van der Waals surface area contributed by atoms with Gasteiger partial charge in [-0.15, -0.1) is 0 Å². The number of aryl methyl sites for hydroxylation is 8. The molecule has 618 valence electrons. The Morgan fingerprint density at radius 2 is 0.942 bits per heavy atom. The Balaban J connectivity index is 0.000000107. The van der Waals surface area contributed by atoms with Crippen molar-refractivity contribution in [3.8, 4) is 45.2 Å². The number of piperazine rings is 2.